The minimum Gasteiger partial charge on any atom is -0.337 e. The number of amides is 1. The second-order valence-corrected chi connectivity index (χ2v) is 4.84. The zero-order valence-electron chi connectivity index (χ0n) is 9.30. The first-order valence-electron chi connectivity index (χ1n) is 5.51. The van der Waals surface area contributed by atoms with Gasteiger partial charge in [-0.15, -0.1) is 0 Å². The molecule has 1 amide bonds. The summed E-state index contributed by atoms with van der Waals surface area (Å²) in [5, 5.41) is 0. The largest absolute Gasteiger partial charge is 0.337 e. The van der Waals surface area contributed by atoms with E-state index >= 15 is 0 Å². The predicted molar refractivity (Wildman–Crippen MR) is 62.2 cm³/mol. The van der Waals surface area contributed by atoms with E-state index in [1.54, 1.807) is 0 Å². The molecule has 2 heterocycles. The molecule has 0 radical (unpaired) electrons. The Morgan fingerprint density at radius 2 is 2.31 bits per heavy atom. The van der Waals surface area contributed by atoms with E-state index in [0.717, 1.165) is 37.7 Å². The van der Waals surface area contributed by atoms with Gasteiger partial charge in [0.1, 0.15) is 0 Å². The van der Waals surface area contributed by atoms with Crippen LogP contribution in [0.25, 0.3) is 0 Å². The zero-order chi connectivity index (χ0) is 11.5. The molecule has 0 saturated carbocycles. The summed E-state index contributed by atoms with van der Waals surface area (Å²) >= 11 is 1.07. The topological polar surface area (TPSA) is 72.1 Å². The van der Waals surface area contributed by atoms with Crippen molar-refractivity contribution in [2.75, 3.05) is 13.1 Å². The maximum Gasteiger partial charge on any atom is 0.275 e. The van der Waals surface area contributed by atoms with Crippen molar-refractivity contribution in [3.8, 4) is 0 Å². The molecule has 1 unspecified atom stereocenters. The van der Waals surface area contributed by atoms with Gasteiger partial charge in [-0.3, -0.25) is 4.79 Å². The average molecular weight is 240 g/mol. The van der Waals surface area contributed by atoms with Crippen molar-refractivity contribution in [3.63, 3.8) is 0 Å². The van der Waals surface area contributed by atoms with Crippen LogP contribution in [0.2, 0.25) is 0 Å². The summed E-state index contributed by atoms with van der Waals surface area (Å²) in [6.45, 7) is 3.59. The third-order valence-corrected chi connectivity index (χ3v) is 3.63. The van der Waals surface area contributed by atoms with Crippen LogP contribution in [0.15, 0.2) is 6.20 Å². The van der Waals surface area contributed by atoms with Gasteiger partial charge >= 0.3 is 0 Å². The number of rotatable bonds is 2. The first-order chi connectivity index (χ1) is 7.68. The Balaban J connectivity index is 1.92. The van der Waals surface area contributed by atoms with Crippen LogP contribution in [0.3, 0.4) is 0 Å². The van der Waals surface area contributed by atoms with Crippen molar-refractivity contribution in [2.24, 2.45) is 11.7 Å². The Morgan fingerprint density at radius 3 is 2.81 bits per heavy atom. The molecule has 16 heavy (non-hydrogen) atoms. The second kappa shape index (κ2) is 4.88. The lowest BCUT2D eigenvalue weighted by atomic mass is 9.91. The van der Waals surface area contributed by atoms with E-state index < -0.39 is 0 Å². The van der Waals surface area contributed by atoms with Gasteiger partial charge in [0.2, 0.25) is 0 Å². The summed E-state index contributed by atoms with van der Waals surface area (Å²) in [5.74, 6) is 0.537. The number of piperidine rings is 1. The number of nitrogens with zero attached hydrogens (tertiary/aromatic N) is 3. The lowest BCUT2D eigenvalue weighted by molar-refractivity contribution is 0.0676. The fourth-order valence-electron chi connectivity index (χ4n) is 2.05. The van der Waals surface area contributed by atoms with Gasteiger partial charge in [-0.25, -0.2) is 0 Å². The Labute approximate surface area is 99.0 Å². The molecule has 5 nitrogen and oxygen atoms in total. The molecule has 1 saturated heterocycles. The highest BCUT2D eigenvalue weighted by Crippen LogP contribution is 2.20. The van der Waals surface area contributed by atoms with Crippen molar-refractivity contribution in [1.82, 2.24) is 13.6 Å². The van der Waals surface area contributed by atoms with Gasteiger partial charge in [-0.2, -0.15) is 8.75 Å². The first-order valence-corrected chi connectivity index (χ1v) is 6.24. The molecule has 88 valence electrons. The molecule has 1 aliphatic heterocycles. The molecule has 1 aromatic heterocycles. The molecule has 1 atom stereocenters. The molecule has 0 spiro atoms. The van der Waals surface area contributed by atoms with Crippen LogP contribution in [-0.2, 0) is 0 Å². The molecule has 0 aromatic carbocycles. The number of hydrogen-bond donors (Lipinski definition) is 1. The maximum absolute atomic E-state index is 11.9. The van der Waals surface area contributed by atoms with E-state index in [0.29, 0.717) is 11.6 Å². The third kappa shape index (κ3) is 2.38. The van der Waals surface area contributed by atoms with E-state index in [4.69, 9.17) is 5.73 Å². The average Bonchev–Trinajstić information content (AvgIpc) is 2.81. The van der Waals surface area contributed by atoms with Crippen molar-refractivity contribution < 1.29 is 4.79 Å². The Kier molecular flexibility index (Phi) is 3.50. The predicted octanol–water partition coefficient (Wildman–Crippen LogP) is 0.737. The van der Waals surface area contributed by atoms with Gasteiger partial charge in [0.15, 0.2) is 5.69 Å². The Morgan fingerprint density at radius 1 is 1.62 bits per heavy atom. The molecule has 2 N–H and O–H groups in total. The minimum atomic E-state index is -0.00289. The molecule has 0 aliphatic carbocycles. The van der Waals surface area contributed by atoms with Gasteiger partial charge < -0.3 is 10.6 Å². The summed E-state index contributed by atoms with van der Waals surface area (Å²) < 4.78 is 7.80. The zero-order valence-corrected chi connectivity index (χ0v) is 10.1. The smallest absolute Gasteiger partial charge is 0.275 e. The van der Waals surface area contributed by atoms with E-state index in [9.17, 15) is 4.79 Å². The monoisotopic (exact) mass is 240 g/mol. The quantitative estimate of drug-likeness (QED) is 0.827. The Hall–Kier alpha value is -1.01. The molecular weight excluding hydrogens is 224 g/mol. The highest BCUT2D eigenvalue weighted by atomic mass is 32.1. The SMILES string of the molecule is CC(N)C1CCN(C(=O)c2cnsn2)CC1. The van der Waals surface area contributed by atoms with Crippen molar-refractivity contribution >= 4 is 17.6 Å². The molecule has 2 rings (SSSR count). The van der Waals surface area contributed by atoms with Crippen LogP contribution in [-0.4, -0.2) is 38.7 Å². The number of carbonyl (C=O) groups is 1. The fourth-order valence-corrected chi connectivity index (χ4v) is 2.46. The molecule has 1 aromatic rings. The number of likely N-dealkylation sites (tertiary alicyclic amines) is 1. The van der Waals surface area contributed by atoms with Crippen molar-refractivity contribution in [1.29, 1.82) is 0 Å². The lowest BCUT2D eigenvalue weighted by Gasteiger charge is -2.33. The second-order valence-electron chi connectivity index (χ2n) is 4.28. The molecule has 1 aliphatic rings. The summed E-state index contributed by atoms with van der Waals surface area (Å²) in [6.07, 6.45) is 3.51. The third-order valence-electron chi connectivity index (χ3n) is 3.15. The van der Waals surface area contributed by atoms with Crippen LogP contribution in [0.1, 0.15) is 30.3 Å². The highest BCUT2D eigenvalue weighted by molar-refractivity contribution is 6.99. The van der Waals surface area contributed by atoms with Gasteiger partial charge in [-0.1, -0.05) is 0 Å². The van der Waals surface area contributed by atoms with Crippen LogP contribution in [0.4, 0.5) is 0 Å². The lowest BCUT2D eigenvalue weighted by Crippen LogP contribution is -2.42. The number of carbonyl (C=O) groups excluding carboxylic acids is 1. The van der Waals surface area contributed by atoms with E-state index in [-0.39, 0.29) is 11.9 Å². The van der Waals surface area contributed by atoms with Gasteiger partial charge in [-0.05, 0) is 25.7 Å². The molecule has 1 fully saturated rings. The van der Waals surface area contributed by atoms with Crippen LogP contribution in [0, 0.1) is 5.92 Å². The van der Waals surface area contributed by atoms with Crippen molar-refractivity contribution in [2.45, 2.75) is 25.8 Å². The van der Waals surface area contributed by atoms with Crippen molar-refractivity contribution in [3.05, 3.63) is 11.9 Å². The van der Waals surface area contributed by atoms with Gasteiger partial charge in [0, 0.05) is 19.1 Å². The molecule has 6 heteroatoms. The number of aromatic nitrogens is 2. The fraction of sp³-hybridized carbons (Fsp3) is 0.700. The number of nitrogens with two attached hydrogens (primary N) is 1. The van der Waals surface area contributed by atoms with Gasteiger partial charge in [0.05, 0.1) is 17.9 Å². The molecular formula is C10H16N4OS. The minimum absolute atomic E-state index is 0.00289. The van der Waals surface area contributed by atoms with E-state index in [1.807, 2.05) is 11.8 Å². The van der Waals surface area contributed by atoms with Crippen LogP contribution >= 0.6 is 11.7 Å². The molecule has 0 bridgehead atoms. The van der Waals surface area contributed by atoms with Crippen LogP contribution < -0.4 is 5.73 Å². The summed E-state index contributed by atoms with van der Waals surface area (Å²) in [5.41, 5.74) is 6.32. The normalized spacial score (nSPS) is 19.8. The summed E-state index contributed by atoms with van der Waals surface area (Å²) in [7, 11) is 0. The highest BCUT2D eigenvalue weighted by Gasteiger charge is 2.26. The van der Waals surface area contributed by atoms with E-state index in [1.165, 1.54) is 6.20 Å². The van der Waals surface area contributed by atoms with E-state index in [2.05, 4.69) is 8.75 Å². The summed E-state index contributed by atoms with van der Waals surface area (Å²) in [6, 6.07) is 0.221. The maximum atomic E-state index is 11.9. The van der Waals surface area contributed by atoms with Crippen LogP contribution in [0.5, 0.6) is 0 Å². The first kappa shape index (κ1) is 11.5. The van der Waals surface area contributed by atoms with Gasteiger partial charge in [0.25, 0.3) is 5.91 Å². The number of hydrogen-bond acceptors (Lipinski definition) is 5. The Bertz CT molecular complexity index is 344. The summed E-state index contributed by atoms with van der Waals surface area (Å²) in [4.78, 5) is 13.8. The standard InChI is InChI=1S/C10H16N4OS/c1-7(11)8-2-4-14(5-3-8)10(15)9-6-12-16-13-9/h6-8H,2-5,11H2,1H3.